The largest absolute Gasteiger partial charge is 0.495 e. The van der Waals surface area contributed by atoms with E-state index < -0.39 is 11.9 Å². The third-order valence-electron chi connectivity index (χ3n) is 5.62. The summed E-state index contributed by atoms with van der Waals surface area (Å²) in [6, 6.07) is 7.75. The van der Waals surface area contributed by atoms with E-state index in [9.17, 15) is 14.0 Å². The summed E-state index contributed by atoms with van der Waals surface area (Å²) in [4.78, 5) is 33.2. The number of methoxy groups -OCH3 is 1. The van der Waals surface area contributed by atoms with Crippen molar-refractivity contribution in [1.29, 1.82) is 0 Å². The van der Waals surface area contributed by atoms with Crippen LogP contribution < -0.4 is 9.64 Å². The minimum atomic E-state index is -0.691. The average Bonchev–Trinajstić information content (AvgIpc) is 2.67. The Kier molecular flexibility index (Phi) is 5.41. The lowest BCUT2D eigenvalue weighted by Crippen LogP contribution is -2.63. The SMILES string of the molecule is COc1cnc(N2CC(=O)N(Cc3ccc(Cl)cc3)[C@H](C3CCC3)C2=O)c(F)c1. The summed E-state index contributed by atoms with van der Waals surface area (Å²) < 4.78 is 19.5. The van der Waals surface area contributed by atoms with Crippen molar-refractivity contribution < 1.29 is 18.7 Å². The van der Waals surface area contributed by atoms with Gasteiger partial charge in [-0.3, -0.25) is 14.5 Å². The number of anilines is 1. The van der Waals surface area contributed by atoms with Crippen molar-refractivity contribution >= 4 is 29.2 Å². The van der Waals surface area contributed by atoms with E-state index in [-0.39, 0.29) is 35.8 Å². The van der Waals surface area contributed by atoms with Crippen LogP contribution in [0.3, 0.4) is 0 Å². The number of hydrogen-bond acceptors (Lipinski definition) is 4. The quantitative estimate of drug-likeness (QED) is 0.747. The highest BCUT2D eigenvalue weighted by Gasteiger charge is 2.46. The van der Waals surface area contributed by atoms with Gasteiger partial charge in [0.1, 0.15) is 18.3 Å². The van der Waals surface area contributed by atoms with Crippen molar-refractivity contribution in [3.8, 4) is 5.75 Å². The van der Waals surface area contributed by atoms with Gasteiger partial charge >= 0.3 is 0 Å². The zero-order valence-corrected chi connectivity index (χ0v) is 16.7. The maximum atomic E-state index is 14.6. The van der Waals surface area contributed by atoms with Gasteiger partial charge in [0.2, 0.25) is 5.91 Å². The van der Waals surface area contributed by atoms with E-state index in [1.165, 1.54) is 24.3 Å². The van der Waals surface area contributed by atoms with Crippen molar-refractivity contribution in [3.63, 3.8) is 0 Å². The summed E-state index contributed by atoms with van der Waals surface area (Å²) in [5, 5.41) is 0.609. The van der Waals surface area contributed by atoms with Crippen LogP contribution in [0.4, 0.5) is 10.2 Å². The predicted octanol–water partition coefficient (Wildman–Crippen LogP) is 3.43. The molecule has 1 aliphatic carbocycles. The van der Waals surface area contributed by atoms with Gasteiger partial charge in [-0.2, -0.15) is 0 Å². The van der Waals surface area contributed by atoms with Crippen LogP contribution in [0.2, 0.25) is 5.02 Å². The first-order valence-electron chi connectivity index (χ1n) is 9.52. The summed E-state index contributed by atoms with van der Waals surface area (Å²) in [7, 11) is 1.41. The summed E-state index contributed by atoms with van der Waals surface area (Å²) in [5.74, 6) is -1.03. The van der Waals surface area contributed by atoms with Crippen molar-refractivity contribution in [2.24, 2.45) is 5.92 Å². The first kappa shape index (κ1) is 19.6. The molecular formula is C21H21ClFN3O3. The first-order valence-corrected chi connectivity index (χ1v) is 9.90. The molecule has 1 saturated carbocycles. The van der Waals surface area contributed by atoms with Crippen molar-refractivity contribution in [2.75, 3.05) is 18.6 Å². The van der Waals surface area contributed by atoms with Crippen LogP contribution in [0.25, 0.3) is 0 Å². The third-order valence-corrected chi connectivity index (χ3v) is 5.87. The van der Waals surface area contributed by atoms with Gasteiger partial charge in [-0.05, 0) is 36.5 Å². The van der Waals surface area contributed by atoms with Crippen LogP contribution >= 0.6 is 11.6 Å². The molecule has 2 fully saturated rings. The van der Waals surface area contributed by atoms with Crippen LogP contribution in [0.1, 0.15) is 24.8 Å². The highest BCUT2D eigenvalue weighted by Crippen LogP contribution is 2.37. The molecule has 8 heteroatoms. The molecule has 1 aromatic carbocycles. The summed E-state index contributed by atoms with van der Waals surface area (Å²) in [6.45, 7) is 0.0706. The molecule has 29 heavy (non-hydrogen) atoms. The summed E-state index contributed by atoms with van der Waals surface area (Å²) in [6.07, 6.45) is 4.10. The monoisotopic (exact) mass is 417 g/mol. The minimum Gasteiger partial charge on any atom is -0.495 e. The number of pyridine rings is 1. The molecule has 2 heterocycles. The molecule has 1 saturated heterocycles. The third kappa shape index (κ3) is 3.79. The number of halogens is 2. The molecule has 0 N–H and O–H groups in total. The minimum absolute atomic E-state index is 0.0721. The molecule has 2 amide bonds. The number of benzene rings is 1. The molecule has 4 rings (SSSR count). The van der Waals surface area contributed by atoms with Gasteiger partial charge in [-0.1, -0.05) is 30.2 Å². The summed E-state index contributed by atoms with van der Waals surface area (Å²) >= 11 is 5.95. The molecule has 2 aromatic rings. The Morgan fingerprint density at radius 2 is 1.97 bits per heavy atom. The number of amides is 2. The Balaban J connectivity index is 1.64. The van der Waals surface area contributed by atoms with Crippen molar-refractivity contribution in [2.45, 2.75) is 31.8 Å². The molecule has 1 aromatic heterocycles. The van der Waals surface area contributed by atoms with Gasteiger partial charge in [-0.15, -0.1) is 0 Å². The Morgan fingerprint density at radius 3 is 2.55 bits per heavy atom. The van der Waals surface area contributed by atoms with Crippen LogP contribution in [-0.2, 0) is 16.1 Å². The van der Waals surface area contributed by atoms with Crippen LogP contribution in [0.5, 0.6) is 5.75 Å². The number of nitrogens with zero attached hydrogens (tertiary/aromatic N) is 3. The standard InChI is InChI=1S/C21H21ClFN3O3/c1-29-16-9-17(23)20(24-10-16)26-12-18(27)25(11-13-5-7-15(22)8-6-13)19(21(26)28)14-3-2-4-14/h5-10,14,19H,2-4,11-12H2,1H3/t19-/m1/s1. The molecule has 0 spiro atoms. The number of piperazine rings is 1. The van der Waals surface area contributed by atoms with Gasteiger partial charge in [0.05, 0.1) is 13.3 Å². The fraction of sp³-hybridized carbons (Fsp3) is 0.381. The highest BCUT2D eigenvalue weighted by molar-refractivity contribution is 6.30. The Hall–Kier alpha value is -2.67. The van der Waals surface area contributed by atoms with Gasteiger partial charge in [0.15, 0.2) is 11.6 Å². The van der Waals surface area contributed by atoms with Gasteiger partial charge < -0.3 is 9.64 Å². The van der Waals surface area contributed by atoms with Crippen molar-refractivity contribution in [3.05, 3.63) is 52.9 Å². The number of hydrogen-bond donors (Lipinski definition) is 0. The zero-order valence-electron chi connectivity index (χ0n) is 16.0. The number of rotatable bonds is 5. The van der Waals surface area contributed by atoms with Gasteiger partial charge in [0, 0.05) is 17.6 Å². The van der Waals surface area contributed by atoms with E-state index in [2.05, 4.69) is 4.98 Å². The number of ether oxygens (including phenoxy) is 1. The van der Waals surface area contributed by atoms with E-state index in [1.807, 2.05) is 12.1 Å². The van der Waals surface area contributed by atoms with Crippen molar-refractivity contribution in [1.82, 2.24) is 9.88 Å². The normalized spacial score (nSPS) is 20.0. The van der Waals surface area contributed by atoms with E-state index in [0.29, 0.717) is 11.6 Å². The topological polar surface area (TPSA) is 62.7 Å². The molecule has 0 radical (unpaired) electrons. The molecular weight excluding hydrogens is 397 g/mol. The second kappa shape index (κ2) is 7.99. The fourth-order valence-corrected chi connectivity index (χ4v) is 3.97. The lowest BCUT2D eigenvalue weighted by Gasteiger charge is -2.45. The Labute approximate surface area is 173 Å². The maximum absolute atomic E-state index is 14.6. The Bertz CT molecular complexity index is 933. The smallest absolute Gasteiger partial charge is 0.251 e. The molecule has 152 valence electrons. The van der Waals surface area contributed by atoms with Gasteiger partial charge in [0.25, 0.3) is 5.91 Å². The molecule has 1 atom stereocenters. The summed E-state index contributed by atoms with van der Waals surface area (Å²) in [5.41, 5.74) is 0.891. The lowest BCUT2D eigenvalue weighted by atomic mass is 9.77. The zero-order chi connectivity index (χ0) is 20.5. The average molecular weight is 418 g/mol. The van der Waals surface area contributed by atoms with Crippen LogP contribution in [0, 0.1) is 11.7 Å². The van der Waals surface area contributed by atoms with Crippen LogP contribution in [-0.4, -0.2) is 41.4 Å². The second-order valence-electron chi connectivity index (χ2n) is 7.39. The molecule has 6 nitrogen and oxygen atoms in total. The molecule has 0 bridgehead atoms. The van der Waals surface area contributed by atoms with E-state index >= 15 is 0 Å². The fourth-order valence-electron chi connectivity index (χ4n) is 3.84. The molecule has 1 aliphatic heterocycles. The number of aromatic nitrogens is 1. The number of carbonyl (C=O) groups is 2. The lowest BCUT2D eigenvalue weighted by molar-refractivity contribution is -0.147. The maximum Gasteiger partial charge on any atom is 0.251 e. The van der Waals surface area contributed by atoms with E-state index in [1.54, 1.807) is 17.0 Å². The van der Waals surface area contributed by atoms with Crippen LogP contribution in [0.15, 0.2) is 36.5 Å². The Morgan fingerprint density at radius 1 is 1.24 bits per heavy atom. The first-order chi connectivity index (χ1) is 14.0. The van der Waals surface area contributed by atoms with E-state index in [4.69, 9.17) is 16.3 Å². The predicted molar refractivity (Wildman–Crippen MR) is 106 cm³/mol. The molecule has 0 unspecified atom stereocenters. The second-order valence-corrected chi connectivity index (χ2v) is 7.83. The number of carbonyl (C=O) groups excluding carboxylic acids is 2. The highest BCUT2D eigenvalue weighted by atomic mass is 35.5. The van der Waals surface area contributed by atoms with E-state index in [0.717, 1.165) is 24.8 Å². The van der Waals surface area contributed by atoms with Gasteiger partial charge in [-0.25, -0.2) is 9.37 Å². The molecule has 2 aliphatic rings.